The molecular weight excluding hydrogens is 240 g/mol. The minimum Gasteiger partial charge on any atom is -0.337 e. The molecule has 0 amide bonds. The zero-order valence-electron chi connectivity index (χ0n) is 11.5. The van der Waals surface area contributed by atoms with Gasteiger partial charge in [-0.15, -0.1) is 0 Å². The molecule has 0 spiro atoms. The Morgan fingerprint density at radius 2 is 2.21 bits per heavy atom. The van der Waals surface area contributed by atoms with Gasteiger partial charge in [-0.2, -0.15) is 4.98 Å². The zero-order chi connectivity index (χ0) is 13.7. The molecule has 19 heavy (non-hydrogen) atoms. The van der Waals surface area contributed by atoms with Gasteiger partial charge in [0.2, 0.25) is 11.7 Å². The molecule has 5 nitrogen and oxygen atoms in total. The first kappa shape index (κ1) is 13.7. The molecule has 0 bridgehead atoms. The zero-order valence-corrected chi connectivity index (χ0v) is 11.5. The van der Waals surface area contributed by atoms with Crippen LogP contribution in [-0.2, 0) is 6.42 Å². The van der Waals surface area contributed by atoms with Gasteiger partial charge >= 0.3 is 0 Å². The van der Waals surface area contributed by atoms with Crippen LogP contribution in [0.5, 0.6) is 0 Å². The Bertz CT molecular complexity index is 524. The molecule has 2 N–H and O–H groups in total. The van der Waals surface area contributed by atoms with Gasteiger partial charge in [0.15, 0.2) is 0 Å². The number of unbranched alkanes of at least 4 members (excludes halogenated alkanes) is 1. The van der Waals surface area contributed by atoms with Crippen LogP contribution in [0.15, 0.2) is 23.0 Å². The van der Waals surface area contributed by atoms with Crippen molar-refractivity contribution in [1.82, 2.24) is 15.1 Å². The lowest BCUT2D eigenvalue weighted by molar-refractivity contribution is 0.346. The summed E-state index contributed by atoms with van der Waals surface area (Å²) in [6, 6.07) is 1.73. The average molecular weight is 260 g/mol. The highest BCUT2D eigenvalue weighted by atomic mass is 16.5. The Kier molecular flexibility index (Phi) is 4.63. The maximum Gasteiger partial charge on any atom is 0.243 e. The number of nitrogens with zero attached hydrogens (tertiary/aromatic N) is 3. The van der Waals surface area contributed by atoms with Crippen LogP contribution >= 0.6 is 0 Å². The molecule has 0 aliphatic rings. The smallest absolute Gasteiger partial charge is 0.243 e. The Hall–Kier alpha value is -1.75. The van der Waals surface area contributed by atoms with Gasteiger partial charge < -0.3 is 10.3 Å². The third-order valence-electron chi connectivity index (χ3n) is 3.15. The summed E-state index contributed by atoms with van der Waals surface area (Å²) in [5.41, 5.74) is 8.11. The Morgan fingerprint density at radius 1 is 1.37 bits per heavy atom. The minimum absolute atomic E-state index is 0.173. The second kappa shape index (κ2) is 6.43. The summed E-state index contributed by atoms with van der Waals surface area (Å²) in [5, 5.41) is 4.03. The van der Waals surface area contributed by atoms with Gasteiger partial charge in [-0.05, 0) is 24.5 Å². The molecule has 5 heteroatoms. The first-order chi connectivity index (χ1) is 9.26. The molecule has 2 aromatic rings. The number of nitrogens with two attached hydrogens (primary N) is 1. The molecule has 1 atom stereocenters. The second-order valence-electron chi connectivity index (χ2n) is 4.59. The molecule has 0 saturated carbocycles. The third kappa shape index (κ3) is 3.17. The van der Waals surface area contributed by atoms with E-state index >= 15 is 0 Å². The molecule has 0 radical (unpaired) electrons. The fraction of sp³-hybridized carbons (Fsp3) is 0.500. The molecule has 0 saturated heterocycles. The van der Waals surface area contributed by atoms with Gasteiger partial charge in [0.25, 0.3) is 0 Å². The van der Waals surface area contributed by atoms with Crippen molar-refractivity contribution in [3.05, 3.63) is 29.9 Å². The number of rotatable bonds is 6. The fourth-order valence-electron chi connectivity index (χ4n) is 1.97. The summed E-state index contributed by atoms with van der Waals surface area (Å²) in [4.78, 5) is 8.52. The minimum atomic E-state index is -0.173. The number of aryl methyl sites for hydroxylation is 1. The van der Waals surface area contributed by atoms with Crippen molar-refractivity contribution in [3.63, 3.8) is 0 Å². The number of hydrogen-bond donors (Lipinski definition) is 1. The highest BCUT2D eigenvalue weighted by Crippen LogP contribution is 2.23. The molecule has 0 aliphatic carbocycles. The van der Waals surface area contributed by atoms with Crippen LogP contribution in [0, 0.1) is 0 Å². The van der Waals surface area contributed by atoms with Crippen LogP contribution in [0.2, 0.25) is 0 Å². The SMILES string of the molecule is CCCCC(N)c1nc(-c2ccncc2CC)no1. The van der Waals surface area contributed by atoms with E-state index in [0.717, 1.165) is 36.8 Å². The lowest BCUT2D eigenvalue weighted by atomic mass is 10.1. The van der Waals surface area contributed by atoms with E-state index in [1.54, 1.807) is 6.20 Å². The fourth-order valence-corrected chi connectivity index (χ4v) is 1.97. The maximum atomic E-state index is 6.03. The molecule has 0 aromatic carbocycles. The first-order valence-electron chi connectivity index (χ1n) is 6.78. The summed E-state index contributed by atoms with van der Waals surface area (Å²) in [7, 11) is 0. The number of pyridine rings is 1. The molecule has 0 aliphatic heterocycles. The Labute approximate surface area is 113 Å². The van der Waals surface area contributed by atoms with E-state index in [1.165, 1.54) is 0 Å². The van der Waals surface area contributed by atoms with E-state index in [9.17, 15) is 0 Å². The predicted molar refractivity (Wildman–Crippen MR) is 73.4 cm³/mol. The molecule has 2 aromatic heterocycles. The third-order valence-corrected chi connectivity index (χ3v) is 3.15. The maximum absolute atomic E-state index is 6.03. The molecule has 102 valence electrons. The van der Waals surface area contributed by atoms with Crippen molar-refractivity contribution in [2.24, 2.45) is 5.73 Å². The van der Waals surface area contributed by atoms with E-state index in [1.807, 2.05) is 12.3 Å². The van der Waals surface area contributed by atoms with Gasteiger partial charge in [0.1, 0.15) is 0 Å². The van der Waals surface area contributed by atoms with Crippen LogP contribution in [0.3, 0.4) is 0 Å². The van der Waals surface area contributed by atoms with Crippen molar-refractivity contribution in [2.45, 2.75) is 45.6 Å². The average Bonchev–Trinajstić information content (AvgIpc) is 2.94. The molecule has 1 unspecified atom stereocenters. The van der Waals surface area contributed by atoms with Gasteiger partial charge in [0, 0.05) is 18.0 Å². The second-order valence-corrected chi connectivity index (χ2v) is 4.59. The monoisotopic (exact) mass is 260 g/mol. The lowest BCUT2D eigenvalue weighted by Gasteiger charge is -2.04. The Morgan fingerprint density at radius 3 is 2.95 bits per heavy atom. The largest absolute Gasteiger partial charge is 0.337 e. The van der Waals surface area contributed by atoms with E-state index in [0.29, 0.717) is 11.7 Å². The summed E-state index contributed by atoms with van der Waals surface area (Å²) in [6.45, 7) is 4.21. The standard InChI is InChI=1S/C14H20N4O/c1-3-5-6-12(15)14-17-13(18-19-14)11-7-8-16-9-10(11)4-2/h7-9,12H,3-6,15H2,1-2H3. The van der Waals surface area contributed by atoms with Crippen molar-refractivity contribution in [3.8, 4) is 11.4 Å². The van der Waals surface area contributed by atoms with Crippen LogP contribution in [0.1, 0.15) is 50.6 Å². The Balaban J connectivity index is 2.20. The van der Waals surface area contributed by atoms with Crippen LogP contribution < -0.4 is 5.73 Å². The predicted octanol–water partition coefficient (Wildman–Crippen LogP) is 2.88. The van der Waals surface area contributed by atoms with E-state index in [2.05, 4.69) is 29.0 Å². The van der Waals surface area contributed by atoms with E-state index in [-0.39, 0.29) is 6.04 Å². The van der Waals surface area contributed by atoms with E-state index in [4.69, 9.17) is 10.3 Å². The normalized spacial score (nSPS) is 12.6. The highest BCUT2D eigenvalue weighted by molar-refractivity contribution is 5.58. The van der Waals surface area contributed by atoms with Crippen molar-refractivity contribution >= 4 is 0 Å². The highest BCUT2D eigenvalue weighted by Gasteiger charge is 2.16. The number of hydrogen-bond acceptors (Lipinski definition) is 5. The van der Waals surface area contributed by atoms with E-state index < -0.39 is 0 Å². The summed E-state index contributed by atoms with van der Waals surface area (Å²) in [5.74, 6) is 1.11. The topological polar surface area (TPSA) is 77.8 Å². The van der Waals surface area contributed by atoms with Crippen LogP contribution in [0.4, 0.5) is 0 Å². The number of aromatic nitrogens is 3. The van der Waals surface area contributed by atoms with Gasteiger partial charge in [-0.1, -0.05) is 31.8 Å². The molecule has 0 fully saturated rings. The molecule has 2 heterocycles. The van der Waals surface area contributed by atoms with Gasteiger partial charge in [-0.25, -0.2) is 0 Å². The summed E-state index contributed by atoms with van der Waals surface area (Å²) in [6.07, 6.45) is 7.50. The van der Waals surface area contributed by atoms with Crippen molar-refractivity contribution in [2.75, 3.05) is 0 Å². The first-order valence-corrected chi connectivity index (χ1v) is 6.78. The molecule has 2 rings (SSSR count). The van der Waals surface area contributed by atoms with Gasteiger partial charge in [-0.3, -0.25) is 4.98 Å². The lowest BCUT2D eigenvalue weighted by Crippen LogP contribution is -2.10. The van der Waals surface area contributed by atoms with Crippen molar-refractivity contribution < 1.29 is 4.52 Å². The quantitative estimate of drug-likeness (QED) is 0.864. The van der Waals surface area contributed by atoms with Crippen LogP contribution in [0.25, 0.3) is 11.4 Å². The molecular formula is C14H20N4O. The van der Waals surface area contributed by atoms with Gasteiger partial charge in [0.05, 0.1) is 6.04 Å². The van der Waals surface area contributed by atoms with Crippen LogP contribution in [-0.4, -0.2) is 15.1 Å². The summed E-state index contributed by atoms with van der Waals surface area (Å²) < 4.78 is 5.27. The van der Waals surface area contributed by atoms with Crippen molar-refractivity contribution in [1.29, 1.82) is 0 Å². The summed E-state index contributed by atoms with van der Waals surface area (Å²) >= 11 is 0.